The Morgan fingerprint density at radius 3 is 2.45 bits per heavy atom. The zero-order valence-electron chi connectivity index (χ0n) is 12.3. The summed E-state index contributed by atoms with van der Waals surface area (Å²) in [5.41, 5.74) is 0. The highest BCUT2D eigenvalue weighted by atomic mass is 16.6. The van der Waals surface area contributed by atoms with Crippen molar-refractivity contribution < 1.29 is 9.53 Å². The normalized spacial score (nSPS) is 16.1. The minimum atomic E-state index is -0.232. The molecule has 4 nitrogen and oxygen atoms in total. The van der Waals surface area contributed by atoms with E-state index in [1.807, 2.05) is 18.2 Å². The molecule has 0 aromatic heterocycles. The molecule has 4 heteroatoms. The van der Waals surface area contributed by atoms with Crippen LogP contribution in [0.3, 0.4) is 0 Å². The number of piperazine rings is 1. The molecule has 0 bridgehead atoms. The quantitative estimate of drug-likeness (QED) is 0.775. The van der Waals surface area contributed by atoms with E-state index in [0.717, 1.165) is 32.7 Å². The van der Waals surface area contributed by atoms with Crippen molar-refractivity contribution >= 4 is 6.09 Å². The van der Waals surface area contributed by atoms with Crippen molar-refractivity contribution in [3.05, 3.63) is 30.3 Å². The number of hydrogen-bond acceptors (Lipinski definition) is 3. The van der Waals surface area contributed by atoms with Crippen LogP contribution in [-0.4, -0.2) is 48.6 Å². The van der Waals surface area contributed by atoms with Crippen LogP contribution in [-0.2, 0) is 0 Å². The zero-order chi connectivity index (χ0) is 14.2. The van der Waals surface area contributed by atoms with Gasteiger partial charge in [0.25, 0.3) is 0 Å². The number of ether oxygens (including phenoxy) is 1. The van der Waals surface area contributed by atoms with E-state index in [1.54, 1.807) is 17.0 Å². The van der Waals surface area contributed by atoms with Gasteiger partial charge in [0.2, 0.25) is 0 Å². The lowest BCUT2D eigenvalue weighted by Crippen LogP contribution is -2.49. The Morgan fingerprint density at radius 1 is 1.10 bits per heavy atom. The van der Waals surface area contributed by atoms with E-state index in [9.17, 15) is 4.79 Å². The Kier molecular flexibility index (Phi) is 5.87. The van der Waals surface area contributed by atoms with Crippen molar-refractivity contribution in [3.63, 3.8) is 0 Å². The van der Waals surface area contributed by atoms with Gasteiger partial charge in [-0.2, -0.15) is 0 Å². The molecule has 0 saturated carbocycles. The highest BCUT2D eigenvalue weighted by molar-refractivity contribution is 5.70. The molecule has 0 aliphatic carbocycles. The summed E-state index contributed by atoms with van der Waals surface area (Å²) >= 11 is 0. The molecule has 110 valence electrons. The van der Waals surface area contributed by atoms with Crippen LogP contribution in [0.4, 0.5) is 4.79 Å². The molecule has 1 aromatic rings. The third kappa shape index (κ3) is 4.53. The topological polar surface area (TPSA) is 32.8 Å². The summed E-state index contributed by atoms with van der Waals surface area (Å²) in [6.07, 6.45) is 3.56. The molecule has 0 atom stereocenters. The van der Waals surface area contributed by atoms with E-state index in [4.69, 9.17) is 4.74 Å². The molecule has 1 aliphatic heterocycles. The van der Waals surface area contributed by atoms with Gasteiger partial charge >= 0.3 is 6.09 Å². The Bertz CT molecular complexity index is 400. The number of benzene rings is 1. The van der Waals surface area contributed by atoms with Crippen LogP contribution in [0.25, 0.3) is 0 Å². The van der Waals surface area contributed by atoms with E-state index < -0.39 is 0 Å². The minimum Gasteiger partial charge on any atom is -0.410 e. The molecule has 1 heterocycles. The van der Waals surface area contributed by atoms with Gasteiger partial charge in [-0.3, -0.25) is 4.90 Å². The maximum atomic E-state index is 12.0. The van der Waals surface area contributed by atoms with Crippen LogP contribution >= 0.6 is 0 Å². The first-order valence-electron chi connectivity index (χ1n) is 7.53. The van der Waals surface area contributed by atoms with Gasteiger partial charge in [0.05, 0.1) is 0 Å². The fraction of sp³-hybridized carbons (Fsp3) is 0.562. The van der Waals surface area contributed by atoms with E-state index in [1.165, 1.54) is 19.3 Å². The van der Waals surface area contributed by atoms with Crippen LogP contribution in [0.2, 0.25) is 0 Å². The maximum Gasteiger partial charge on any atom is 0.415 e. The molecule has 1 fully saturated rings. The van der Waals surface area contributed by atoms with Crippen molar-refractivity contribution in [3.8, 4) is 5.75 Å². The van der Waals surface area contributed by atoms with Crippen molar-refractivity contribution in [2.45, 2.75) is 26.2 Å². The lowest BCUT2D eigenvalue weighted by atomic mass is 10.2. The largest absolute Gasteiger partial charge is 0.415 e. The summed E-state index contributed by atoms with van der Waals surface area (Å²) in [5, 5.41) is 0. The first-order chi connectivity index (χ1) is 9.79. The fourth-order valence-electron chi connectivity index (χ4n) is 2.39. The van der Waals surface area contributed by atoms with Gasteiger partial charge < -0.3 is 9.64 Å². The molecule has 2 rings (SSSR count). The first kappa shape index (κ1) is 14.9. The molecular formula is C16H24N2O2. The zero-order valence-corrected chi connectivity index (χ0v) is 12.3. The van der Waals surface area contributed by atoms with Crippen molar-refractivity contribution in [2.75, 3.05) is 32.7 Å². The lowest BCUT2D eigenvalue weighted by molar-refractivity contribution is 0.110. The Hall–Kier alpha value is -1.55. The van der Waals surface area contributed by atoms with E-state index >= 15 is 0 Å². The van der Waals surface area contributed by atoms with Crippen molar-refractivity contribution in [2.24, 2.45) is 0 Å². The van der Waals surface area contributed by atoms with Gasteiger partial charge in [0.15, 0.2) is 0 Å². The summed E-state index contributed by atoms with van der Waals surface area (Å²) in [6, 6.07) is 9.26. The Morgan fingerprint density at radius 2 is 1.80 bits per heavy atom. The summed E-state index contributed by atoms with van der Waals surface area (Å²) in [4.78, 5) is 16.2. The van der Waals surface area contributed by atoms with Gasteiger partial charge in [-0.15, -0.1) is 0 Å². The smallest absolute Gasteiger partial charge is 0.410 e. The number of para-hydroxylation sites is 1. The second-order valence-corrected chi connectivity index (χ2v) is 5.22. The summed E-state index contributed by atoms with van der Waals surface area (Å²) in [6.45, 7) is 6.80. The standard InChI is InChI=1S/C16H24N2O2/c1-2-3-7-10-17-11-13-18(14-12-17)16(19)20-15-8-5-4-6-9-15/h4-6,8-9H,2-3,7,10-14H2,1H3. The average molecular weight is 276 g/mol. The van der Waals surface area contributed by atoms with Crippen LogP contribution in [0.5, 0.6) is 5.75 Å². The molecule has 1 aliphatic rings. The Labute approximate surface area is 121 Å². The molecule has 20 heavy (non-hydrogen) atoms. The van der Waals surface area contributed by atoms with E-state index in [2.05, 4.69) is 11.8 Å². The number of nitrogens with zero attached hydrogens (tertiary/aromatic N) is 2. The highest BCUT2D eigenvalue weighted by Crippen LogP contribution is 2.12. The second-order valence-electron chi connectivity index (χ2n) is 5.22. The average Bonchev–Trinajstić information content (AvgIpc) is 2.49. The van der Waals surface area contributed by atoms with Gasteiger partial charge in [-0.25, -0.2) is 4.79 Å². The highest BCUT2D eigenvalue weighted by Gasteiger charge is 2.22. The monoisotopic (exact) mass is 276 g/mol. The predicted molar refractivity (Wildman–Crippen MR) is 80.0 cm³/mol. The van der Waals surface area contributed by atoms with Gasteiger partial charge in [0, 0.05) is 26.2 Å². The number of carbonyl (C=O) groups excluding carboxylic acids is 1. The number of rotatable bonds is 5. The third-order valence-corrected chi connectivity index (χ3v) is 3.66. The van der Waals surface area contributed by atoms with Crippen LogP contribution < -0.4 is 4.74 Å². The molecule has 1 aromatic carbocycles. The van der Waals surface area contributed by atoms with Crippen molar-refractivity contribution in [1.82, 2.24) is 9.80 Å². The maximum absolute atomic E-state index is 12.0. The van der Waals surface area contributed by atoms with Crippen LogP contribution in [0.15, 0.2) is 30.3 Å². The van der Waals surface area contributed by atoms with Crippen LogP contribution in [0, 0.1) is 0 Å². The van der Waals surface area contributed by atoms with E-state index in [0.29, 0.717) is 5.75 Å². The van der Waals surface area contributed by atoms with Gasteiger partial charge in [-0.1, -0.05) is 38.0 Å². The van der Waals surface area contributed by atoms with Crippen LogP contribution in [0.1, 0.15) is 26.2 Å². The molecule has 1 amide bonds. The number of unbranched alkanes of at least 4 members (excludes halogenated alkanes) is 2. The first-order valence-corrected chi connectivity index (χ1v) is 7.53. The number of carbonyl (C=O) groups is 1. The third-order valence-electron chi connectivity index (χ3n) is 3.66. The molecule has 0 radical (unpaired) electrons. The van der Waals surface area contributed by atoms with Gasteiger partial charge in [0.1, 0.15) is 5.75 Å². The lowest BCUT2D eigenvalue weighted by Gasteiger charge is -2.34. The number of hydrogen-bond donors (Lipinski definition) is 0. The molecule has 0 unspecified atom stereocenters. The molecule has 0 spiro atoms. The molecule has 0 N–H and O–H groups in total. The molecular weight excluding hydrogens is 252 g/mol. The minimum absolute atomic E-state index is 0.232. The van der Waals surface area contributed by atoms with Crippen molar-refractivity contribution in [1.29, 1.82) is 0 Å². The second kappa shape index (κ2) is 7.90. The predicted octanol–water partition coefficient (Wildman–Crippen LogP) is 2.99. The fourth-order valence-corrected chi connectivity index (χ4v) is 2.39. The molecule has 1 saturated heterocycles. The van der Waals surface area contributed by atoms with Gasteiger partial charge in [-0.05, 0) is 25.1 Å². The number of amides is 1. The summed E-state index contributed by atoms with van der Waals surface area (Å²) in [5.74, 6) is 0.614. The summed E-state index contributed by atoms with van der Waals surface area (Å²) in [7, 11) is 0. The van der Waals surface area contributed by atoms with E-state index in [-0.39, 0.29) is 6.09 Å². The SMILES string of the molecule is CCCCCN1CCN(C(=O)Oc2ccccc2)CC1. The summed E-state index contributed by atoms with van der Waals surface area (Å²) < 4.78 is 5.36. The Balaban J connectivity index is 1.72.